The molecule has 116 valence electrons. The molecule has 7 heteroatoms. The van der Waals surface area contributed by atoms with E-state index in [4.69, 9.17) is 16.7 Å². The smallest absolute Gasteiger partial charge is 0.304 e. The maximum Gasteiger partial charge on any atom is 0.304 e. The van der Waals surface area contributed by atoms with Gasteiger partial charge in [-0.2, -0.15) is 0 Å². The quantitative estimate of drug-likeness (QED) is 0.909. The molecule has 1 aromatic rings. The van der Waals surface area contributed by atoms with E-state index in [1.54, 1.807) is 6.07 Å². The summed E-state index contributed by atoms with van der Waals surface area (Å²) in [7, 11) is -3.15. The van der Waals surface area contributed by atoms with E-state index in [1.165, 1.54) is 0 Å². The molecule has 0 spiro atoms. The molecule has 0 aliphatic carbocycles. The number of carboxylic acid groups (broad SMARTS) is 1. The highest BCUT2D eigenvalue weighted by Crippen LogP contribution is 2.21. The molecule has 1 aromatic carbocycles. The number of aryl methyl sites for hydroxylation is 1. The minimum atomic E-state index is -3.15. The Morgan fingerprint density at radius 3 is 2.81 bits per heavy atom. The Kier molecular flexibility index (Phi) is 4.91. The number of aliphatic carboxylic acids is 1. The normalized spacial score (nSPS) is 22.1. The topological polar surface area (TPSA) is 74.7 Å². The van der Waals surface area contributed by atoms with Gasteiger partial charge in [0, 0.05) is 24.2 Å². The Bertz CT molecular complexity index is 644. The first-order valence-electron chi connectivity index (χ1n) is 6.68. The first kappa shape index (κ1) is 16.3. The average molecular weight is 332 g/mol. The van der Waals surface area contributed by atoms with Crippen LogP contribution in [0.2, 0.25) is 5.02 Å². The van der Waals surface area contributed by atoms with Crippen LogP contribution >= 0.6 is 11.6 Å². The number of hydrogen-bond donors (Lipinski definition) is 1. The van der Waals surface area contributed by atoms with Gasteiger partial charge < -0.3 is 5.11 Å². The molecule has 1 atom stereocenters. The van der Waals surface area contributed by atoms with Crippen molar-refractivity contribution in [1.82, 2.24) is 4.90 Å². The van der Waals surface area contributed by atoms with E-state index in [-0.39, 0.29) is 17.9 Å². The van der Waals surface area contributed by atoms with E-state index in [0.717, 1.165) is 11.1 Å². The molecule has 0 bridgehead atoms. The van der Waals surface area contributed by atoms with Gasteiger partial charge in [-0.3, -0.25) is 9.69 Å². The molecule has 1 aliphatic heterocycles. The van der Waals surface area contributed by atoms with Crippen molar-refractivity contribution in [3.05, 3.63) is 34.3 Å². The van der Waals surface area contributed by atoms with Gasteiger partial charge in [0.15, 0.2) is 9.84 Å². The number of benzene rings is 1. The second kappa shape index (κ2) is 6.34. The third-order valence-corrected chi connectivity index (χ3v) is 5.67. The average Bonchev–Trinajstić information content (AvgIpc) is 2.34. The monoisotopic (exact) mass is 331 g/mol. The number of carbonyl (C=O) groups is 1. The molecule has 1 heterocycles. The molecule has 1 N–H and O–H groups in total. The van der Waals surface area contributed by atoms with Crippen LogP contribution in [0.25, 0.3) is 0 Å². The number of carboxylic acids is 1. The minimum absolute atomic E-state index is 0.0791. The molecule has 1 aliphatic rings. The number of rotatable bonds is 4. The third kappa shape index (κ3) is 4.43. The van der Waals surface area contributed by atoms with Gasteiger partial charge in [-0.25, -0.2) is 8.42 Å². The fraction of sp³-hybridized carbons (Fsp3) is 0.500. The zero-order chi connectivity index (χ0) is 15.6. The standard InChI is InChI=1S/C14H18ClNO4S/c1-10-6-12(15)3-2-11(10)8-16-4-5-21(19,20)9-13(16)7-14(17)18/h2-3,6,13H,4-5,7-9H2,1H3,(H,17,18). The van der Waals surface area contributed by atoms with Crippen LogP contribution in [0.3, 0.4) is 0 Å². The highest BCUT2D eigenvalue weighted by molar-refractivity contribution is 7.91. The fourth-order valence-electron chi connectivity index (χ4n) is 2.57. The molecular formula is C14H18ClNO4S. The van der Waals surface area contributed by atoms with Gasteiger partial charge in [-0.05, 0) is 30.2 Å². The summed E-state index contributed by atoms with van der Waals surface area (Å²) >= 11 is 5.92. The molecule has 1 fully saturated rings. The summed E-state index contributed by atoms with van der Waals surface area (Å²) < 4.78 is 23.4. The van der Waals surface area contributed by atoms with E-state index >= 15 is 0 Å². The van der Waals surface area contributed by atoms with Crippen LogP contribution in [0, 0.1) is 6.92 Å². The molecule has 1 saturated heterocycles. The van der Waals surface area contributed by atoms with E-state index in [2.05, 4.69) is 0 Å². The summed E-state index contributed by atoms with van der Waals surface area (Å²) in [5.41, 5.74) is 2.05. The molecule has 5 nitrogen and oxygen atoms in total. The maximum absolute atomic E-state index is 11.7. The highest BCUT2D eigenvalue weighted by atomic mass is 35.5. The zero-order valence-corrected chi connectivity index (χ0v) is 13.3. The molecule has 0 radical (unpaired) electrons. The van der Waals surface area contributed by atoms with E-state index in [1.807, 2.05) is 24.0 Å². The Morgan fingerprint density at radius 2 is 2.19 bits per heavy atom. The molecule has 0 amide bonds. The number of hydrogen-bond acceptors (Lipinski definition) is 4. The Balaban J connectivity index is 2.18. The van der Waals surface area contributed by atoms with E-state index in [0.29, 0.717) is 18.1 Å². The molecule has 2 rings (SSSR count). The second-order valence-corrected chi connectivity index (χ2v) is 8.07. The summed E-state index contributed by atoms with van der Waals surface area (Å²) in [6.45, 7) is 2.84. The van der Waals surface area contributed by atoms with Crippen molar-refractivity contribution in [3.8, 4) is 0 Å². The van der Waals surface area contributed by atoms with Crippen molar-refractivity contribution in [2.75, 3.05) is 18.1 Å². The van der Waals surface area contributed by atoms with Gasteiger partial charge in [0.25, 0.3) is 0 Å². The van der Waals surface area contributed by atoms with Gasteiger partial charge in [0.2, 0.25) is 0 Å². The molecule has 21 heavy (non-hydrogen) atoms. The SMILES string of the molecule is Cc1cc(Cl)ccc1CN1CCS(=O)(=O)CC1CC(=O)O. The van der Waals surface area contributed by atoms with Crippen molar-refractivity contribution in [1.29, 1.82) is 0 Å². The largest absolute Gasteiger partial charge is 0.481 e. The summed E-state index contributed by atoms with van der Waals surface area (Å²) in [6, 6.07) is 5.07. The number of halogens is 1. The van der Waals surface area contributed by atoms with Crippen LogP contribution in [0.15, 0.2) is 18.2 Å². The summed E-state index contributed by atoms with van der Waals surface area (Å²) in [5, 5.41) is 9.62. The van der Waals surface area contributed by atoms with Gasteiger partial charge in [0.05, 0.1) is 17.9 Å². The lowest BCUT2D eigenvalue weighted by Crippen LogP contribution is -2.48. The van der Waals surface area contributed by atoms with E-state index in [9.17, 15) is 13.2 Å². The first-order chi connectivity index (χ1) is 9.77. The highest BCUT2D eigenvalue weighted by Gasteiger charge is 2.32. The Labute approximate surface area is 129 Å². The van der Waals surface area contributed by atoms with Crippen LogP contribution in [0.4, 0.5) is 0 Å². The molecule has 0 aromatic heterocycles. The third-order valence-electron chi connectivity index (χ3n) is 3.74. The van der Waals surface area contributed by atoms with Crippen molar-refractivity contribution in [3.63, 3.8) is 0 Å². The maximum atomic E-state index is 11.7. The van der Waals surface area contributed by atoms with Gasteiger partial charge >= 0.3 is 5.97 Å². The zero-order valence-electron chi connectivity index (χ0n) is 11.8. The van der Waals surface area contributed by atoms with Crippen LogP contribution in [0.1, 0.15) is 17.5 Å². The summed E-state index contributed by atoms with van der Waals surface area (Å²) in [4.78, 5) is 12.9. The molecule has 0 saturated carbocycles. The molecular weight excluding hydrogens is 314 g/mol. The second-order valence-electron chi connectivity index (χ2n) is 5.41. The number of nitrogens with zero attached hydrogens (tertiary/aromatic N) is 1. The van der Waals surface area contributed by atoms with Crippen molar-refractivity contribution < 1.29 is 18.3 Å². The van der Waals surface area contributed by atoms with Crippen molar-refractivity contribution >= 4 is 27.4 Å². The van der Waals surface area contributed by atoms with Crippen molar-refractivity contribution in [2.45, 2.75) is 25.9 Å². The van der Waals surface area contributed by atoms with E-state index < -0.39 is 21.8 Å². The van der Waals surface area contributed by atoms with Gasteiger partial charge in [-0.15, -0.1) is 0 Å². The Hall–Kier alpha value is -1.11. The van der Waals surface area contributed by atoms with Crippen LogP contribution < -0.4 is 0 Å². The van der Waals surface area contributed by atoms with Crippen LogP contribution in [-0.4, -0.2) is 48.5 Å². The summed E-state index contributed by atoms with van der Waals surface area (Å²) in [6.07, 6.45) is -0.161. The first-order valence-corrected chi connectivity index (χ1v) is 8.88. The van der Waals surface area contributed by atoms with Gasteiger partial charge in [-0.1, -0.05) is 17.7 Å². The lowest BCUT2D eigenvalue weighted by molar-refractivity contribution is -0.138. The lowest BCUT2D eigenvalue weighted by atomic mass is 10.1. The minimum Gasteiger partial charge on any atom is -0.481 e. The number of sulfone groups is 1. The predicted octanol–water partition coefficient (Wildman–Crippen LogP) is 1.72. The fourth-order valence-corrected chi connectivity index (χ4v) is 4.39. The predicted molar refractivity (Wildman–Crippen MR) is 81.3 cm³/mol. The van der Waals surface area contributed by atoms with Gasteiger partial charge in [0.1, 0.15) is 0 Å². The Morgan fingerprint density at radius 1 is 1.48 bits per heavy atom. The lowest BCUT2D eigenvalue weighted by Gasteiger charge is -2.35. The van der Waals surface area contributed by atoms with Crippen LogP contribution in [0.5, 0.6) is 0 Å². The van der Waals surface area contributed by atoms with Crippen molar-refractivity contribution in [2.24, 2.45) is 0 Å². The molecule has 1 unspecified atom stereocenters. The van der Waals surface area contributed by atoms with Crippen LogP contribution in [-0.2, 0) is 21.2 Å². The summed E-state index contributed by atoms with van der Waals surface area (Å²) in [5.74, 6) is -0.989.